The minimum absolute atomic E-state index is 0.610. The van der Waals surface area contributed by atoms with Crippen LogP contribution in [0.5, 0.6) is 0 Å². The van der Waals surface area contributed by atoms with E-state index in [1.165, 1.54) is 11.1 Å². The zero-order valence-electron chi connectivity index (χ0n) is 10.3. The van der Waals surface area contributed by atoms with E-state index in [0.29, 0.717) is 5.92 Å². The fourth-order valence-electron chi connectivity index (χ4n) is 1.27. The molecule has 16 heavy (non-hydrogen) atoms. The lowest BCUT2D eigenvalue weighted by Gasteiger charge is -1.92. The molecule has 0 bridgehead atoms. The van der Waals surface area contributed by atoms with E-state index in [9.17, 15) is 0 Å². The molecule has 1 heteroatoms. The Labute approximate surface area is 98.2 Å². The van der Waals surface area contributed by atoms with Crippen LogP contribution in [-0.4, -0.2) is 0 Å². The lowest BCUT2D eigenvalue weighted by atomic mass is 10.1. The maximum Gasteiger partial charge on any atom is 0.0937 e. The molecule has 0 aliphatic heterocycles. The molecule has 1 nitrogen and oxygen atoms in total. The van der Waals surface area contributed by atoms with Crippen molar-refractivity contribution in [2.75, 3.05) is 0 Å². The van der Waals surface area contributed by atoms with Gasteiger partial charge in [0.15, 0.2) is 0 Å². The monoisotopic (exact) mass is 216 g/mol. The number of rotatable bonds is 5. The Morgan fingerprint density at radius 1 is 1.44 bits per heavy atom. The molecule has 0 aromatic carbocycles. The third-order valence-corrected chi connectivity index (χ3v) is 2.17. The molecule has 0 saturated heterocycles. The highest BCUT2D eigenvalue weighted by molar-refractivity contribution is 5.23. The fourth-order valence-corrected chi connectivity index (χ4v) is 1.27. The van der Waals surface area contributed by atoms with Gasteiger partial charge in [-0.3, -0.25) is 0 Å². The van der Waals surface area contributed by atoms with Crippen LogP contribution in [0.25, 0.3) is 0 Å². The van der Waals surface area contributed by atoms with Crippen molar-refractivity contribution in [1.29, 1.82) is 0 Å². The van der Waals surface area contributed by atoms with Crippen LogP contribution < -0.4 is 0 Å². The van der Waals surface area contributed by atoms with Crippen LogP contribution in [0.3, 0.4) is 0 Å². The lowest BCUT2D eigenvalue weighted by molar-refractivity contribution is 0.565. The molecule has 0 unspecified atom stereocenters. The molecule has 0 atom stereocenters. The average Bonchev–Trinajstić information content (AvgIpc) is 2.70. The van der Waals surface area contributed by atoms with Gasteiger partial charge in [0, 0.05) is 0 Å². The third-order valence-electron chi connectivity index (χ3n) is 2.17. The van der Waals surface area contributed by atoms with Crippen molar-refractivity contribution in [2.45, 2.75) is 27.2 Å². The quantitative estimate of drug-likeness (QED) is 0.659. The molecule has 0 N–H and O–H groups in total. The predicted molar refractivity (Wildman–Crippen MR) is 69.3 cm³/mol. The lowest BCUT2D eigenvalue weighted by Crippen LogP contribution is -1.76. The average molecular weight is 216 g/mol. The van der Waals surface area contributed by atoms with Gasteiger partial charge in [0.1, 0.15) is 0 Å². The summed E-state index contributed by atoms with van der Waals surface area (Å²) in [6, 6.07) is 1.99. The Bertz CT molecular complexity index is 364. The Kier molecular flexibility index (Phi) is 5.41. The fraction of sp³-hybridized carbons (Fsp3) is 0.333. The zero-order valence-corrected chi connectivity index (χ0v) is 10.3. The van der Waals surface area contributed by atoms with Gasteiger partial charge in [-0.25, -0.2) is 0 Å². The molecule has 1 rings (SSSR count). The van der Waals surface area contributed by atoms with Gasteiger partial charge < -0.3 is 4.42 Å². The highest BCUT2D eigenvalue weighted by Gasteiger charge is 1.89. The van der Waals surface area contributed by atoms with E-state index in [-0.39, 0.29) is 0 Å². The Balaban J connectivity index is 2.38. The van der Waals surface area contributed by atoms with Crippen LogP contribution in [0.15, 0.2) is 59.0 Å². The van der Waals surface area contributed by atoms with Gasteiger partial charge in [0.05, 0.1) is 12.5 Å². The minimum atomic E-state index is 0.610. The van der Waals surface area contributed by atoms with E-state index in [4.69, 9.17) is 4.42 Å². The second-order valence-corrected chi connectivity index (χ2v) is 4.28. The van der Waals surface area contributed by atoms with E-state index in [2.05, 4.69) is 51.2 Å². The van der Waals surface area contributed by atoms with E-state index < -0.39 is 0 Å². The maximum absolute atomic E-state index is 5.00. The summed E-state index contributed by atoms with van der Waals surface area (Å²) in [4.78, 5) is 0. The van der Waals surface area contributed by atoms with Crippen LogP contribution in [0.2, 0.25) is 0 Å². The van der Waals surface area contributed by atoms with E-state index in [1.54, 1.807) is 12.5 Å². The molecule has 0 amide bonds. The van der Waals surface area contributed by atoms with Gasteiger partial charge in [-0.2, -0.15) is 0 Å². The summed E-state index contributed by atoms with van der Waals surface area (Å²) < 4.78 is 5.00. The highest BCUT2D eigenvalue weighted by atomic mass is 16.3. The number of hydrogen-bond donors (Lipinski definition) is 0. The molecule has 0 fully saturated rings. The maximum atomic E-state index is 5.00. The molecule has 1 aromatic heterocycles. The Hall–Kier alpha value is -1.50. The second kappa shape index (κ2) is 6.89. The summed E-state index contributed by atoms with van der Waals surface area (Å²) in [5, 5.41) is 0. The zero-order chi connectivity index (χ0) is 11.8. The summed E-state index contributed by atoms with van der Waals surface area (Å²) >= 11 is 0. The molecule has 0 saturated carbocycles. The predicted octanol–water partition coefficient (Wildman–Crippen LogP) is 4.54. The first kappa shape index (κ1) is 12.6. The van der Waals surface area contributed by atoms with Gasteiger partial charge in [0.25, 0.3) is 0 Å². The standard InChI is InChI=1S/C15H20O/c1-13(2)6-4-7-14(3)8-5-9-15-10-11-16-12-15/h4-8,10-13H,9H2,1-3H3/b6-4+,8-5+,14-7-. The summed E-state index contributed by atoms with van der Waals surface area (Å²) in [5.41, 5.74) is 2.47. The van der Waals surface area contributed by atoms with Gasteiger partial charge in [0.2, 0.25) is 0 Å². The minimum Gasteiger partial charge on any atom is -0.472 e. The van der Waals surface area contributed by atoms with Crippen LogP contribution in [-0.2, 0) is 6.42 Å². The van der Waals surface area contributed by atoms with Crippen molar-refractivity contribution in [1.82, 2.24) is 0 Å². The van der Waals surface area contributed by atoms with Crippen LogP contribution in [0, 0.1) is 5.92 Å². The molecule has 0 aliphatic carbocycles. The normalized spacial score (nSPS) is 13.4. The van der Waals surface area contributed by atoms with Gasteiger partial charge in [-0.1, -0.05) is 49.8 Å². The van der Waals surface area contributed by atoms with Gasteiger partial charge in [-0.05, 0) is 30.9 Å². The molecular weight excluding hydrogens is 196 g/mol. The van der Waals surface area contributed by atoms with Crippen LogP contribution in [0.4, 0.5) is 0 Å². The SMILES string of the molecule is CC(=C/C=C/C(C)C)/C=C/Cc1ccoc1. The van der Waals surface area contributed by atoms with Gasteiger partial charge >= 0.3 is 0 Å². The van der Waals surface area contributed by atoms with E-state index in [0.717, 1.165) is 6.42 Å². The Morgan fingerprint density at radius 3 is 2.88 bits per heavy atom. The Morgan fingerprint density at radius 2 is 2.25 bits per heavy atom. The highest BCUT2D eigenvalue weighted by Crippen LogP contribution is 2.04. The topological polar surface area (TPSA) is 13.1 Å². The van der Waals surface area contributed by atoms with Crippen molar-refractivity contribution in [3.05, 3.63) is 60.1 Å². The van der Waals surface area contributed by atoms with Crippen molar-refractivity contribution in [3.63, 3.8) is 0 Å². The molecule has 0 aliphatic rings. The molecule has 1 aromatic rings. The molecule has 1 heterocycles. The van der Waals surface area contributed by atoms with Crippen LogP contribution in [0.1, 0.15) is 26.3 Å². The van der Waals surface area contributed by atoms with Crippen molar-refractivity contribution < 1.29 is 4.42 Å². The van der Waals surface area contributed by atoms with Crippen LogP contribution >= 0.6 is 0 Å². The second-order valence-electron chi connectivity index (χ2n) is 4.28. The molecule has 0 spiro atoms. The molecular formula is C15H20O. The summed E-state index contributed by atoms with van der Waals surface area (Å²) in [6.07, 6.45) is 15.1. The first-order chi connectivity index (χ1) is 7.68. The largest absolute Gasteiger partial charge is 0.472 e. The number of hydrogen-bond acceptors (Lipinski definition) is 1. The number of furan rings is 1. The summed E-state index contributed by atoms with van der Waals surface area (Å²) in [7, 11) is 0. The first-order valence-electron chi connectivity index (χ1n) is 5.71. The molecule has 86 valence electrons. The van der Waals surface area contributed by atoms with Crippen molar-refractivity contribution >= 4 is 0 Å². The smallest absolute Gasteiger partial charge is 0.0937 e. The van der Waals surface area contributed by atoms with Crippen molar-refractivity contribution in [3.8, 4) is 0 Å². The molecule has 0 radical (unpaired) electrons. The van der Waals surface area contributed by atoms with Crippen molar-refractivity contribution in [2.24, 2.45) is 5.92 Å². The summed E-state index contributed by atoms with van der Waals surface area (Å²) in [5.74, 6) is 0.610. The summed E-state index contributed by atoms with van der Waals surface area (Å²) in [6.45, 7) is 6.46. The first-order valence-corrected chi connectivity index (χ1v) is 5.71. The van der Waals surface area contributed by atoms with Gasteiger partial charge in [-0.15, -0.1) is 0 Å². The van der Waals surface area contributed by atoms with E-state index in [1.807, 2.05) is 6.07 Å². The number of allylic oxidation sites excluding steroid dienone is 6. The van der Waals surface area contributed by atoms with E-state index >= 15 is 0 Å². The third kappa shape index (κ3) is 5.40.